The van der Waals surface area contributed by atoms with Gasteiger partial charge in [0.1, 0.15) is 5.58 Å². The van der Waals surface area contributed by atoms with Gasteiger partial charge in [-0.3, -0.25) is 9.78 Å². The lowest BCUT2D eigenvalue weighted by atomic mass is 10.0. The summed E-state index contributed by atoms with van der Waals surface area (Å²) < 4.78 is 12.4. The molecule has 0 radical (unpaired) electrons. The standard InChI is InChI=1S/C19H13IN2O3/c1-24-16-5-3-13(19(23)22-12-6-8-21-9-7-12)17-14-10-11(20)2-4-15(14)25-18(16)17/h2-10H,1H3,(H,21,22,23). The zero-order valence-electron chi connectivity index (χ0n) is 13.2. The lowest BCUT2D eigenvalue weighted by Gasteiger charge is -2.08. The third-order valence-corrected chi connectivity index (χ3v) is 4.62. The zero-order valence-corrected chi connectivity index (χ0v) is 15.4. The van der Waals surface area contributed by atoms with Crippen molar-refractivity contribution in [2.75, 3.05) is 12.4 Å². The van der Waals surface area contributed by atoms with Gasteiger partial charge in [-0.1, -0.05) is 0 Å². The number of hydrogen-bond donors (Lipinski definition) is 1. The average Bonchev–Trinajstić information content (AvgIpc) is 3.00. The number of nitrogens with one attached hydrogen (secondary N) is 1. The Morgan fingerprint density at radius 2 is 1.96 bits per heavy atom. The Labute approximate surface area is 157 Å². The topological polar surface area (TPSA) is 64.4 Å². The van der Waals surface area contributed by atoms with E-state index in [4.69, 9.17) is 9.15 Å². The van der Waals surface area contributed by atoms with Crippen molar-refractivity contribution in [3.05, 3.63) is 64.0 Å². The highest BCUT2D eigenvalue weighted by molar-refractivity contribution is 14.1. The Balaban J connectivity index is 1.92. The van der Waals surface area contributed by atoms with Crippen LogP contribution in [0.1, 0.15) is 10.4 Å². The fourth-order valence-electron chi connectivity index (χ4n) is 2.81. The highest BCUT2D eigenvalue weighted by Crippen LogP contribution is 2.37. The molecule has 0 saturated carbocycles. The minimum atomic E-state index is -0.208. The molecule has 25 heavy (non-hydrogen) atoms. The van der Waals surface area contributed by atoms with Crippen LogP contribution >= 0.6 is 22.6 Å². The number of pyridine rings is 1. The van der Waals surface area contributed by atoms with E-state index in [2.05, 4.69) is 32.9 Å². The van der Waals surface area contributed by atoms with Crippen LogP contribution < -0.4 is 10.1 Å². The summed E-state index contributed by atoms with van der Waals surface area (Å²) in [6.45, 7) is 0. The molecule has 0 atom stereocenters. The molecule has 4 aromatic rings. The molecular formula is C19H13IN2O3. The van der Waals surface area contributed by atoms with E-state index in [9.17, 15) is 4.79 Å². The molecule has 0 saturated heterocycles. The van der Waals surface area contributed by atoms with Crippen LogP contribution in [0, 0.1) is 3.57 Å². The quantitative estimate of drug-likeness (QED) is 0.459. The van der Waals surface area contributed by atoms with Crippen molar-refractivity contribution in [1.29, 1.82) is 0 Å². The third-order valence-electron chi connectivity index (χ3n) is 3.95. The summed E-state index contributed by atoms with van der Waals surface area (Å²) in [5.41, 5.74) is 2.51. The minimum Gasteiger partial charge on any atom is -0.493 e. The van der Waals surface area contributed by atoms with E-state index in [0.717, 1.165) is 19.9 Å². The monoisotopic (exact) mass is 444 g/mol. The second kappa shape index (κ2) is 6.36. The number of furan rings is 1. The second-order valence-electron chi connectivity index (χ2n) is 5.45. The number of carbonyl (C=O) groups is 1. The molecule has 0 aliphatic heterocycles. The van der Waals surface area contributed by atoms with E-state index in [-0.39, 0.29) is 5.91 Å². The van der Waals surface area contributed by atoms with Crippen LogP contribution in [0.2, 0.25) is 0 Å². The molecule has 4 rings (SSSR count). The second-order valence-corrected chi connectivity index (χ2v) is 6.70. The van der Waals surface area contributed by atoms with Crippen molar-refractivity contribution in [2.45, 2.75) is 0 Å². The van der Waals surface area contributed by atoms with Crippen molar-refractivity contribution in [3.63, 3.8) is 0 Å². The molecule has 0 bridgehead atoms. The van der Waals surface area contributed by atoms with Gasteiger partial charge in [-0.25, -0.2) is 0 Å². The first-order valence-electron chi connectivity index (χ1n) is 7.57. The maximum absolute atomic E-state index is 12.8. The van der Waals surface area contributed by atoms with E-state index >= 15 is 0 Å². The van der Waals surface area contributed by atoms with Crippen molar-refractivity contribution in [3.8, 4) is 5.75 Å². The van der Waals surface area contributed by atoms with Gasteiger partial charge in [0.2, 0.25) is 0 Å². The van der Waals surface area contributed by atoms with Crippen LogP contribution in [0.4, 0.5) is 5.69 Å². The third kappa shape index (κ3) is 2.82. The Bertz CT molecular complexity index is 1090. The summed E-state index contributed by atoms with van der Waals surface area (Å²) in [7, 11) is 1.59. The Hall–Kier alpha value is -2.61. The number of carbonyl (C=O) groups excluding carboxylic acids is 1. The minimum absolute atomic E-state index is 0.208. The Kier molecular flexibility index (Phi) is 4.04. The number of hydrogen-bond acceptors (Lipinski definition) is 4. The first-order valence-corrected chi connectivity index (χ1v) is 8.65. The summed E-state index contributed by atoms with van der Waals surface area (Å²) in [5, 5.41) is 4.53. The van der Waals surface area contributed by atoms with Crippen LogP contribution in [0.3, 0.4) is 0 Å². The van der Waals surface area contributed by atoms with Gasteiger partial charge in [0, 0.05) is 32.4 Å². The molecule has 0 fully saturated rings. The molecule has 1 amide bonds. The number of benzene rings is 2. The maximum atomic E-state index is 12.8. The first kappa shape index (κ1) is 15.9. The molecule has 0 aliphatic carbocycles. The van der Waals surface area contributed by atoms with Gasteiger partial charge >= 0.3 is 0 Å². The molecule has 0 unspecified atom stereocenters. The fourth-order valence-corrected chi connectivity index (χ4v) is 3.30. The predicted octanol–water partition coefficient (Wildman–Crippen LogP) is 4.85. The molecule has 5 nitrogen and oxygen atoms in total. The lowest BCUT2D eigenvalue weighted by Crippen LogP contribution is -2.12. The van der Waals surface area contributed by atoms with Gasteiger partial charge < -0.3 is 14.5 Å². The molecule has 0 spiro atoms. The largest absolute Gasteiger partial charge is 0.493 e. The van der Waals surface area contributed by atoms with Crippen LogP contribution in [-0.2, 0) is 0 Å². The lowest BCUT2D eigenvalue weighted by molar-refractivity contribution is 0.102. The fraction of sp³-hybridized carbons (Fsp3) is 0.0526. The summed E-state index contributed by atoms with van der Waals surface area (Å²) in [6.07, 6.45) is 3.27. The smallest absolute Gasteiger partial charge is 0.256 e. The number of amides is 1. The van der Waals surface area contributed by atoms with Crippen LogP contribution in [0.15, 0.2) is 59.3 Å². The molecule has 6 heteroatoms. The highest BCUT2D eigenvalue weighted by Gasteiger charge is 2.20. The van der Waals surface area contributed by atoms with Gasteiger partial charge in [-0.15, -0.1) is 0 Å². The highest BCUT2D eigenvalue weighted by atomic mass is 127. The van der Waals surface area contributed by atoms with E-state index in [1.807, 2.05) is 18.2 Å². The number of nitrogens with zero attached hydrogens (tertiary/aromatic N) is 1. The molecule has 0 aliphatic rings. The first-order chi connectivity index (χ1) is 12.2. The zero-order chi connectivity index (χ0) is 17.4. The van der Waals surface area contributed by atoms with E-state index in [0.29, 0.717) is 22.6 Å². The average molecular weight is 444 g/mol. The number of fused-ring (bicyclic) bond motifs is 3. The van der Waals surface area contributed by atoms with E-state index in [1.165, 1.54) is 0 Å². The Morgan fingerprint density at radius 3 is 2.72 bits per heavy atom. The van der Waals surface area contributed by atoms with Crippen molar-refractivity contribution in [2.24, 2.45) is 0 Å². The number of aromatic nitrogens is 1. The van der Waals surface area contributed by atoms with Crippen molar-refractivity contribution in [1.82, 2.24) is 4.98 Å². The SMILES string of the molecule is COc1ccc(C(=O)Nc2ccncc2)c2c1oc1ccc(I)cc12. The number of rotatable bonds is 3. The molecule has 2 aromatic heterocycles. The van der Waals surface area contributed by atoms with Gasteiger partial charge in [-0.05, 0) is 65.1 Å². The normalized spacial score (nSPS) is 11.0. The number of ether oxygens (including phenoxy) is 1. The number of anilines is 1. The van der Waals surface area contributed by atoms with E-state index in [1.54, 1.807) is 43.8 Å². The van der Waals surface area contributed by atoms with Gasteiger partial charge in [0.15, 0.2) is 11.3 Å². The summed E-state index contributed by atoms with van der Waals surface area (Å²) in [5.74, 6) is 0.391. The van der Waals surface area contributed by atoms with Gasteiger partial charge in [0.05, 0.1) is 12.7 Å². The van der Waals surface area contributed by atoms with Gasteiger partial charge in [0.25, 0.3) is 5.91 Å². The number of methoxy groups -OCH3 is 1. The molecular weight excluding hydrogens is 431 g/mol. The molecule has 2 heterocycles. The van der Waals surface area contributed by atoms with Crippen molar-refractivity contribution >= 4 is 56.1 Å². The van der Waals surface area contributed by atoms with Crippen LogP contribution in [0.25, 0.3) is 21.9 Å². The summed E-state index contributed by atoms with van der Waals surface area (Å²) >= 11 is 2.24. The summed E-state index contributed by atoms with van der Waals surface area (Å²) in [6, 6.07) is 12.9. The van der Waals surface area contributed by atoms with Crippen molar-refractivity contribution < 1.29 is 13.9 Å². The van der Waals surface area contributed by atoms with Gasteiger partial charge in [-0.2, -0.15) is 0 Å². The molecule has 2 aromatic carbocycles. The molecule has 124 valence electrons. The molecule has 1 N–H and O–H groups in total. The predicted molar refractivity (Wildman–Crippen MR) is 105 cm³/mol. The number of halogens is 1. The maximum Gasteiger partial charge on any atom is 0.256 e. The Morgan fingerprint density at radius 1 is 1.16 bits per heavy atom. The van der Waals surface area contributed by atoms with Crippen LogP contribution in [-0.4, -0.2) is 18.0 Å². The summed E-state index contributed by atoms with van der Waals surface area (Å²) in [4.78, 5) is 16.8. The van der Waals surface area contributed by atoms with Crippen LogP contribution in [0.5, 0.6) is 5.75 Å². The van der Waals surface area contributed by atoms with E-state index < -0.39 is 0 Å².